The molecule has 1 fully saturated rings. The highest BCUT2D eigenvalue weighted by Crippen LogP contribution is 2.26. The van der Waals surface area contributed by atoms with Crippen LogP contribution in [0.2, 0.25) is 0 Å². The molecule has 1 aromatic heterocycles. The summed E-state index contributed by atoms with van der Waals surface area (Å²) in [5.41, 5.74) is 1.41. The van der Waals surface area contributed by atoms with Crippen molar-refractivity contribution in [1.82, 2.24) is 9.80 Å². The minimum absolute atomic E-state index is 0. The quantitative estimate of drug-likeness (QED) is 0.909. The summed E-state index contributed by atoms with van der Waals surface area (Å²) in [6, 6.07) is 8.56. The predicted octanol–water partition coefficient (Wildman–Crippen LogP) is 2.92. The molecule has 0 spiro atoms. The van der Waals surface area contributed by atoms with Crippen LogP contribution in [0.15, 0.2) is 29.6 Å². The zero-order chi connectivity index (χ0) is 14.7. The third-order valence-electron chi connectivity index (χ3n) is 4.06. The summed E-state index contributed by atoms with van der Waals surface area (Å²) in [5.74, 6) is -0.706. The lowest BCUT2D eigenvalue weighted by Crippen LogP contribution is -2.46. The number of hydrogen-bond acceptors (Lipinski definition) is 4. The monoisotopic (exact) mass is 340 g/mol. The number of aliphatic carboxylic acids is 1. The highest BCUT2D eigenvalue weighted by Gasteiger charge is 2.18. The van der Waals surface area contributed by atoms with E-state index in [4.69, 9.17) is 5.11 Å². The Bertz CT molecular complexity index is 623. The molecule has 0 atom stereocenters. The van der Waals surface area contributed by atoms with Crippen LogP contribution in [0.3, 0.4) is 0 Å². The number of hydrogen-bond donors (Lipinski definition) is 1. The topological polar surface area (TPSA) is 43.8 Å². The molecule has 22 heavy (non-hydrogen) atoms. The molecule has 1 aromatic carbocycles. The molecule has 4 nitrogen and oxygen atoms in total. The van der Waals surface area contributed by atoms with E-state index in [1.807, 2.05) is 11.3 Å². The van der Waals surface area contributed by atoms with Gasteiger partial charge in [0.25, 0.3) is 0 Å². The molecule has 1 saturated heterocycles. The van der Waals surface area contributed by atoms with Crippen LogP contribution >= 0.6 is 23.7 Å². The van der Waals surface area contributed by atoms with Gasteiger partial charge in [-0.15, -0.1) is 23.7 Å². The minimum Gasteiger partial charge on any atom is -0.481 e. The van der Waals surface area contributed by atoms with Crippen molar-refractivity contribution in [1.29, 1.82) is 0 Å². The first-order chi connectivity index (χ1) is 10.2. The van der Waals surface area contributed by atoms with E-state index in [1.54, 1.807) is 0 Å². The number of nitrogens with zero attached hydrogens (tertiary/aromatic N) is 2. The van der Waals surface area contributed by atoms with Crippen LogP contribution in [-0.4, -0.2) is 53.6 Å². The number of carboxylic acids is 1. The van der Waals surface area contributed by atoms with Gasteiger partial charge in [0, 0.05) is 44.0 Å². The molecule has 0 amide bonds. The standard InChI is InChI=1S/C16H20N2O2S.ClH/c19-16(20)5-6-17-7-9-18(10-8-17)11-13-12-21-15-4-2-1-3-14(13)15;/h1-4,12H,5-11H2,(H,19,20);1H. The number of rotatable bonds is 5. The van der Waals surface area contributed by atoms with Crippen molar-refractivity contribution >= 4 is 39.8 Å². The van der Waals surface area contributed by atoms with E-state index >= 15 is 0 Å². The molecule has 0 radical (unpaired) electrons. The summed E-state index contributed by atoms with van der Waals surface area (Å²) in [6.07, 6.45) is 0.245. The van der Waals surface area contributed by atoms with E-state index in [2.05, 4.69) is 39.4 Å². The largest absolute Gasteiger partial charge is 0.481 e. The predicted molar refractivity (Wildman–Crippen MR) is 93.0 cm³/mol. The molecule has 2 aromatic rings. The van der Waals surface area contributed by atoms with Gasteiger partial charge in [-0.05, 0) is 22.4 Å². The van der Waals surface area contributed by atoms with Crippen molar-refractivity contribution in [2.45, 2.75) is 13.0 Å². The number of carbonyl (C=O) groups is 1. The Hall–Kier alpha value is -1.14. The number of fused-ring (bicyclic) bond motifs is 1. The van der Waals surface area contributed by atoms with Gasteiger partial charge >= 0.3 is 5.97 Å². The van der Waals surface area contributed by atoms with Gasteiger partial charge in [-0.1, -0.05) is 18.2 Å². The third kappa shape index (κ3) is 4.20. The van der Waals surface area contributed by atoms with Gasteiger partial charge in [0.15, 0.2) is 0 Å². The maximum Gasteiger partial charge on any atom is 0.304 e. The van der Waals surface area contributed by atoms with Gasteiger partial charge in [0.2, 0.25) is 0 Å². The zero-order valence-electron chi connectivity index (χ0n) is 12.4. The maximum atomic E-state index is 10.6. The summed E-state index contributed by atoms with van der Waals surface area (Å²) >= 11 is 1.81. The highest BCUT2D eigenvalue weighted by atomic mass is 35.5. The van der Waals surface area contributed by atoms with Crippen molar-refractivity contribution in [3.63, 3.8) is 0 Å². The van der Waals surface area contributed by atoms with Crippen molar-refractivity contribution in [2.75, 3.05) is 32.7 Å². The first-order valence-corrected chi connectivity index (χ1v) is 8.22. The Kier molecular flexibility index (Phi) is 6.20. The molecule has 1 aliphatic heterocycles. The fourth-order valence-corrected chi connectivity index (χ4v) is 3.77. The summed E-state index contributed by atoms with van der Waals surface area (Å²) in [4.78, 5) is 15.3. The van der Waals surface area contributed by atoms with Crippen LogP contribution in [0.25, 0.3) is 10.1 Å². The van der Waals surface area contributed by atoms with Gasteiger partial charge in [0.05, 0.1) is 6.42 Å². The second-order valence-corrected chi connectivity index (χ2v) is 6.43. The number of thiophene rings is 1. The molecule has 120 valence electrons. The SMILES string of the molecule is Cl.O=C(O)CCN1CCN(Cc2csc3ccccc23)CC1. The lowest BCUT2D eigenvalue weighted by molar-refractivity contribution is -0.137. The second-order valence-electron chi connectivity index (χ2n) is 5.52. The third-order valence-corrected chi connectivity index (χ3v) is 5.07. The van der Waals surface area contributed by atoms with Crippen molar-refractivity contribution in [3.8, 4) is 0 Å². The summed E-state index contributed by atoms with van der Waals surface area (Å²) in [5, 5.41) is 12.4. The Balaban J connectivity index is 0.00000176. The van der Waals surface area contributed by atoms with Gasteiger partial charge in [-0.2, -0.15) is 0 Å². The van der Waals surface area contributed by atoms with Crippen LogP contribution in [0.4, 0.5) is 0 Å². The van der Waals surface area contributed by atoms with Crippen LogP contribution < -0.4 is 0 Å². The minimum atomic E-state index is -0.706. The van der Waals surface area contributed by atoms with Crippen LogP contribution in [-0.2, 0) is 11.3 Å². The Labute approximate surface area is 140 Å². The van der Waals surface area contributed by atoms with E-state index in [-0.39, 0.29) is 18.8 Å². The Morgan fingerprint density at radius 3 is 2.55 bits per heavy atom. The number of halogens is 1. The van der Waals surface area contributed by atoms with E-state index < -0.39 is 5.97 Å². The summed E-state index contributed by atoms with van der Waals surface area (Å²) < 4.78 is 1.35. The Morgan fingerprint density at radius 1 is 1.14 bits per heavy atom. The van der Waals surface area contributed by atoms with E-state index in [1.165, 1.54) is 15.6 Å². The lowest BCUT2D eigenvalue weighted by atomic mass is 10.1. The normalized spacial score (nSPS) is 16.5. The van der Waals surface area contributed by atoms with E-state index in [9.17, 15) is 4.79 Å². The van der Waals surface area contributed by atoms with Gasteiger partial charge in [-0.3, -0.25) is 9.69 Å². The van der Waals surface area contributed by atoms with Crippen LogP contribution in [0.5, 0.6) is 0 Å². The lowest BCUT2D eigenvalue weighted by Gasteiger charge is -2.34. The van der Waals surface area contributed by atoms with Crippen molar-refractivity contribution in [3.05, 3.63) is 35.2 Å². The van der Waals surface area contributed by atoms with Gasteiger partial charge < -0.3 is 10.0 Å². The molecule has 1 aliphatic rings. The van der Waals surface area contributed by atoms with Crippen molar-refractivity contribution in [2.24, 2.45) is 0 Å². The second kappa shape index (κ2) is 7.92. The fourth-order valence-electron chi connectivity index (χ4n) is 2.82. The highest BCUT2D eigenvalue weighted by molar-refractivity contribution is 7.17. The smallest absolute Gasteiger partial charge is 0.304 e. The molecule has 0 aliphatic carbocycles. The summed E-state index contributed by atoms with van der Waals surface area (Å²) in [6.45, 7) is 5.64. The fraction of sp³-hybridized carbons (Fsp3) is 0.438. The molecular weight excluding hydrogens is 320 g/mol. The molecule has 6 heteroatoms. The maximum absolute atomic E-state index is 10.6. The number of benzene rings is 1. The molecule has 0 unspecified atom stereocenters. The van der Waals surface area contributed by atoms with Crippen LogP contribution in [0, 0.1) is 0 Å². The van der Waals surface area contributed by atoms with Crippen molar-refractivity contribution < 1.29 is 9.90 Å². The zero-order valence-corrected chi connectivity index (χ0v) is 14.0. The summed E-state index contributed by atoms with van der Waals surface area (Å²) in [7, 11) is 0. The van der Waals surface area contributed by atoms with Crippen LogP contribution in [0.1, 0.15) is 12.0 Å². The van der Waals surface area contributed by atoms with Gasteiger partial charge in [0.1, 0.15) is 0 Å². The molecular formula is C16H21ClN2O2S. The number of carboxylic acid groups (broad SMARTS) is 1. The first kappa shape index (κ1) is 17.2. The van der Waals surface area contributed by atoms with E-state index in [0.29, 0.717) is 6.54 Å². The molecule has 3 rings (SSSR count). The average molecular weight is 341 g/mol. The average Bonchev–Trinajstić information content (AvgIpc) is 2.90. The first-order valence-electron chi connectivity index (χ1n) is 7.34. The molecule has 2 heterocycles. The Morgan fingerprint density at radius 2 is 1.82 bits per heavy atom. The van der Waals surface area contributed by atoms with Gasteiger partial charge in [-0.25, -0.2) is 0 Å². The molecule has 1 N–H and O–H groups in total. The molecule has 0 saturated carbocycles. The van der Waals surface area contributed by atoms with E-state index in [0.717, 1.165) is 32.7 Å². The number of piperazine rings is 1. The molecule has 0 bridgehead atoms.